The van der Waals surface area contributed by atoms with E-state index in [1.165, 1.54) is 0 Å². The van der Waals surface area contributed by atoms with E-state index in [4.69, 9.17) is 9.15 Å². The van der Waals surface area contributed by atoms with Gasteiger partial charge in [0.15, 0.2) is 5.43 Å². The van der Waals surface area contributed by atoms with Crippen LogP contribution in [0.1, 0.15) is 46.6 Å². The zero-order chi connectivity index (χ0) is 22.1. The third-order valence-corrected chi connectivity index (χ3v) is 5.60. The Kier molecular flexibility index (Phi) is 5.19. The predicted octanol–water partition coefficient (Wildman–Crippen LogP) is 4.72. The van der Waals surface area contributed by atoms with Crippen LogP contribution in [-0.2, 0) is 6.54 Å². The lowest BCUT2D eigenvalue weighted by Gasteiger charge is -2.25. The Morgan fingerprint density at radius 2 is 1.94 bits per heavy atom. The molecular formula is C26H22N2O4. The molecule has 0 unspecified atom stereocenters. The average Bonchev–Trinajstić information content (AvgIpc) is 3.10. The third-order valence-electron chi connectivity index (χ3n) is 5.60. The molecule has 2 aromatic carbocycles. The molecule has 0 saturated heterocycles. The maximum Gasteiger partial charge on any atom is 0.291 e. The molecule has 1 amide bonds. The first-order valence-electron chi connectivity index (χ1n) is 10.7. The van der Waals surface area contributed by atoms with E-state index in [-0.39, 0.29) is 17.1 Å². The van der Waals surface area contributed by atoms with E-state index < -0.39 is 6.04 Å². The van der Waals surface area contributed by atoms with Crippen molar-refractivity contribution in [3.05, 3.63) is 106 Å². The van der Waals surface area contributed by atoms with E-state index in [2.05, 4.69) is 4.98 Å². The fraction of sp³-hybridized carbons (Fsp3) is 0.192. The van der Waals surface area contributed by atoms with Gasteiger partial charge in [-0.2, -0.15) is 0 Å². The minimum absolute atomic E-state index is 0.0995. The van der Waals surface area contributed by atoms with Gasteiger partial charge in [-0.15, -0.1) is 0 Å². The summed E-state index contributed by atoms with van der Waals surface area (Å²) >= 11 is 0. The lowest BCUT2D eigenvalue weighted by Crippen LogP contribution is -2.29. The van der Waals surface area contributed by atoms with Crippen LogP contribution in [0.15, 0.2) is 82.3 Å². The van der Waals surface area contributed by atoms with Gasteiger partial charge in [-0.25, -0.2) is 0 Å². The van der Waals surface area contributed by atoms with Crippen molar-refractivity contribution < 1.29 is 13.9 Å². The monoisotopic (exact) mass is 426 g/mol. The number of para-hydroxylation sites is 1. The highest BCUT2D eigenvalue weighted by Crippen LogP contribution is 2.39. The molecule has 5 rings (SSSR count). The molecule has 0 saturated carbocycles. The van der Waals surface area contributed by atoms with E-state index in [9.17, 15) is 9.59 Å². The fourth-order valence-electron chi connectivity index (χ4n) is 4.16. The van der Waals surface area contributed by atoms with Crippen LogP contribution in [0.4, 0.5) is 0 Å². The quantitative estimate of drug-likeness (QED) is 0.446. The van der Waals surface area contributed by atoms with Gasteiger partial charge in [-0.1, -0.05) is 37.3 Å². The molecule has 0 radical (unpaired) electrons. The van der Waals surface area contributed by atoms with Crippen LogP contribution in [0.2, 0.25) is 0 Å². The number of hydrogen-bond acceptors (Lipinski definition) is 5. The first-order chi connectivity index (χ1) is 15.7. The largest absolute Gasteiger partial charge is 0.494 e. The third kappa shape index (κ3) is 3.43. The highest BCUT2D eigenvalue weighted by atomic mass is 16.5. The molecule has 1 aliphatic rings. The van der Waals surface area contributed by atoms with E-state index in [1.807, 2.05) is 43.3 Å². The molecule has 32 heavy (non-hydrogen) atoms. The van der Waals surface area contributed by atoms with Crippen molar-refractivity contribution in [3.63, 3.8) is 0 Å². The summed E-state index contributed by atoms with van der Waals surface area (Å²) < 4.78 is 11.8. The molecule has 0 N–H and O–H groups in total. The van der Waals surface area contributed by atoms with Crippen LogP contribution in [0.25, 0.3) is 11.0 Å². The zero-order valence-corrected chi connectivity index (χ0v) is 17.7. The highest BCUT2D eigenvalue weighted by molar-refractivity contribution is 5.99. The molecule has 0 fully saturated rings. The zero-order valence-electron chi connectivity index (χ0n) is 17.7. The summed E-state index contributed by atoms with van der Waals surface area (Å²) in [5.74, 6) is 0.496. The van der Waals surface area contributed by atoms with Crippen molar-refractivity contribution in [2.24, 2.45) is 0 Å². The summed E-state index contributed by atoms with van der Waals surface area (Å²) in [5.41, 5.74) is 2.26. The Labute approximate surface area is 185 Å². The number of amides is 1. The van der Waals surface area contributed by atoms with Gasteiger partial charge in [0.25, 0.3) is 5.91 Å². The lowest BCUT2D eigenvalue weighted by atomic mass is 9.98. The van der Waals surface area contributed by atoms with Gasteiger partial charge in [-0.3, -0.25) is 14.6 Å². The summed E-state index contributed by atoms with van der Waals surface area (Å²) in [6.07, 6.45) is 4.30. The van der Waals surface area contributed by atoms with Gasteiger partial charge >= 0.3 is 0 Å². The molecule has 0 aliphatic carbocycles. The maximum atomic E-state index is 13.5. The molecule has 160 valence electrons. The standard InChI is InChI=1S/C26H22N2O4/c1-2-13-31-19-9-5-8-18(14-19)23-22-24(29)20-10-3-4-11-21(20)32-25(22)26(30)28(23)16-17-7-6-12-27-15-17/h3-12,14-15,23H,2,13,16H2,1H3/t23-/m0/s1. The van der Waals surface area contributed by atoms with Crippen LogP contribution in [0.5, 0.6) is 5.75 Å². The number of benzene rings is 2. The number of carbonyl (C=O) groups excluding carboxylic acids is 1. The van der Waals surface area contributed by atoms with Gasteiger partial charge < -0.3 is 14.1 Å². The van der Waals surface area contributed by atoms with Gasteiger partial charge in [0, 0.05) is 18.9 Å². The van der Waals surface area contributed by atoms with Crippen LogP contribution in [0, 0.1) is 0 Å². The summed E-state index contributed by atoms with van der Waals surface area (Å²) in [6.45, 7) is 2.94. The van der Waals surface area contributed by atoms with Crippen molar-refractivity contribution in [1.29, 1.82) is 0 Å². The summed E-state index contributed by atoms with van der Waals surface area (Å²) in [6, 6.07) is 17.8. The highest BCUT2D eigenvalue weighted by Gasteiger charge is 2.42. The van der Waals surface area contributed by atoms with Crippen molar-refractivity contribution in [2.45, 2.75) is 25.9 Å². The molecule has 1 aliphatic heterocycles. The number of rotatable bonds is 6. The predicted molar refractivity (Wildman–Crippen MR) is 121 cm³/mol. The van der Waals surface area contributed by atoms with Gasteiger partial charge in [-0.05, 0) is 47.9 Å². The molecule has 0 spiro atoms. The fourth-order valence-corrected chi connectivity index (χ4v) is 4.16. The van der Waals surface area contributed by atoms with Crippen LogP contribution in [-0.4, -0.2) is 22.4 Å². The minimum Gasteiger partial charge on any atom is -0.494 e. The topological polar surface area (TPSA) is 72.6 Å². The van der Waals surface area contributed by atoms with Crippen molar-refractivity contribution >= 4 is 16.9 Å². The van der Waals surface area contributed by atoms with Crippen molar-refractivity contribution in [2.75, 3.05) is 6.61 Å². The summed E-state index contributed by atoms with van der Waals surface area (Å²) in [4.78, 5) is 32.8. The second-order valence-electron chi connectivity index (χ2n) is 7.79. The number of fused-ring (bicyclic) bond motifs is 2. The molecule has 1 atom stereocenters. The first-order valence-corrected chi connectivity index (χ1v) is 10.7. The molecule has 6 heteroatoms. The molecular weight excluding hydrogens is 404 g/mol. The Morgan fingerprint density at radius 1 is 1.06 bits per heavy atom. The Balaban J connectivity index is 1.68. The number of aromatic nitrogens is 1. The Morgan fingerprint density at radius 3 is 2.75 bits per heavy atom. The number of hydrogen-bond donors (Lipinski definition) is 0. The van der Waals surface area contributed by atoms with Crippen molar-refractivity contribution in [3.8, 4) is 5.75 Å². The molecule has 6 nitrogen and oxygen atoms in total. The lowest BCUT2D eigenvalue weighted by molar-refractivity contribution is 0.0714. The SMILES string of the molecule is CCCOc1cccc([C@H]2c3c(oc4ccccc4c3=O)C(=O)N2Cc2cccnc2)c1. The second-order valence-corrected chi connectivity index (χ2v) is 7.79. The van der Waals surface area contributed by atoms with E-state index in [0.717, 1.165) is 17.5 Å². The van der Waals surface area contributed by atoms with E-state index in [0.29, 0.717) is 35.4 Å². The number of ether oxygens (including phenoxy) is 1. The van der Waals surface area contributed by atoms with Crippen molar-refractivity contribution in [1.82, 2.24) is 9.88 Å². The normalized spacial score (nSPS) is 15.2. The van der Waals surface area contributed by atoms with Crippen LogP contribution < -0.4 is 10.2 Å². The van der Waals surface area contributed by atoms with Gasteiger partial charge in [0.2, 0.25) is 5.76 Å². The number of carbonyl (C=O) groups is 1. The average molecular weight is 426 g/mol. The Hall–Kier alpha value is -3.93. The van der Waals surface area contributed by atoms with Gasteiger partial charge in [0.05, 0.1) is 23.6 Å². The van der Waals surface area contributed by atoms with E-state index in [1.54, 1.807) is 41.6 Å². The maximum absolute atomic E-state index is 13.5. The van der Waals surface area contributed by atoms with Gasteiger partial charge in [0.1, 0.15) is 11.3 Å². The number of nitrogens with zero attached hydrogens (tertiary/aromatic N) is 2. The number of pyridine rings is 1. The van der Waals surface area contributed by atoms with Crippen LogP contribution in [0.3, 0.4) is 0 Å². The molecule has 4 aromatic rings. The second kappa shape index (κ2) is 8.30. The smallest absolute Gasteiger partial charge is 0.291 e. The minimum atomic E-state index is -0.580. The molecule has 3 heterocycles. The first kappa shape index (κ1) is 20.0. The summed E-state index contributed by atoms with van der Waals surface area (Å²) in [7, 11) is 0. The van der Waals surface area contributed by atoms with Crippen LogP contribution >= 0.6 is 0 Å². The summed E-state index contributed by atoms with van der Waals surface area (Å²) in [5, 5.41) is 0.464. The molecule has 2 aromatic heterocycles. The Bertz CT molecular complexity index is 1350. The molecule has 0 bridgehead atoms. The van der Waals surface area contributed by atoms with E-state index >= 15 is 0 Å².